The number of hydrogen-bond donors (Lipinski definition) is 1. The molecule has 0 saturated carbocycles. The Balaban J connectivity index is 1.58. The van der Waals surface area contributed by atoms with E-state index >= 15 is 0 Å². The molecule has 3 atom stereocenters. The van der Waals surface area contributed by atoms with Crippen molar-refractivity contribution in [2.45, 2.75) is 58.2 Å². The predicted molar refractivity (Wildman–Crippen MR) is 146 cm³/mol. The van der Waals surface area contributed by atoms with E-state index in [2.05, 4.69) is 5.32 Å². The Labute approximate surface area is 228 Å². The monoisotopic (exact) mass is 535 g/mol. The van der Waals surface area contributed by atoms with E-state index in [4.69, 9.17) is 11.6 Å². The molecule has 4 rings (SSSR count). The van der Waals surface area contributed by atoms with Crippen molar-refractivity contribution in [2.75, 3.05) is 6.54 Å². The van der Waals surface area contributed by atoms with Crippen LogP contribution in [-0.4, -0.2) is 52.1 Å². The number of imide groups is 1. The maximum atomic E-state index is 13.8. The molecule has 0 spiro atoms. The first-order valence-electron chi connectivity index (χ1n) is 13.1. The van der Waals surface area contributed by atoms with Crippen molar-refractivity contribution in [1.82, 2.24) is 15.1 Å². The van der Waals surface area contributed by atoms with E-state index in [0.29, 0.717) is 24.3 Å². The molecule has 1 heterocycles. The van der Waals surface area contributed by atoms with E-state index in [9.17, 15) is 19.2 Å². The van der Waals surface area contributed by atoms with E-state index in [1.54, 1.807) is 17.0 Å². The van der Waals surface area contributed by atoms with Crippen molar-refractivity contribution >= 4 is 35.2 Å². The number of halogens is 1. The fourth-order valence-electron chi connectivity index (χ4n) is 5.16. The highest BCUT2D eigenvalue weighted by molar-refractivity contribution is 6.30. The molecule has 0 aromatic heterocycles. The molecule has 0 bridgehead atoms. The molecule has 1 N–H and O–H groups in total. The average Bonchev–Trinajstić information content (AvgIpc) is 3.15. The van der Waals surface area contributed by atoms with Gasteiger partial charge in [-0.2, -0.15) is 0 Å². The Bertz CT molecular complexity index is 1170. The number of carbonyl (C=O) groups excluding carboxylic acids is 4. The largest absolute Gasteiger partial charge is 0.352 e. The zero-order valence-corrected chi connectivity index (χ0v) is 22.6. The minimum atomic E-state index is -0.778. The summed E-state index contributed by atoms with van der Waals surface area (Å²) in [5.74, 6) is -1.64. The van der Waals surface area contributed by atoms with Crippen LogP contribution < -0.4 is 5.32 Å². The lowest BCUT2D eigenvalue weighted by Gasteiger charge is -2.32. The zero-order chi connectivity index (χ0) is 27.2. The van der Waals surface area contributed by atoms with E-state index < -0.39 is 6.04 Å². The summed E-state index contributed by atoms with van der Waals surface area (Å²) in [5, 5.41) is 3.53. The summed E-state index contributed by atoms with van der Waals surface area (Å²) in [6.45, 7) is 3.95. The van der Waals surface area contributed by atoms with Crippen molar-refractivity contribution in [2.24, 2.45) is 11.8 Å². The third-order valence-electron chi connectivity index (χ3n) is 7.12. The lowest BCUT2D eigenvalue weighted by atomic mass is 9.85. The smallest absolute Gasteiger partial charge is 0.243 e. The highest BCUT2D eigenvalue weighted by Crippen LogP contribution is 2.35. The minimum absolute atomic E-state index is 0.00444. The number of nitrogens with one attached hydrogen (secondary N) is 1. The van der Waals surface area contributed by atoms with Gasteiger partial charge in [-0.15, -0.1) is 0 Å². The standard InChI is InChI=1S/C30H34ClN3O4/c1-20(2)32-28(36)26(18-21-8-4-3-5-9-21)34(19-22-12-14-23(31)15-13-22)27(35)16-17-33-29(37)24-10-6-7-11-25(24)30(33)38/h3-9,12-15,20,24-26H,10-11,16-19H2,1-2H3,(H,32,36)/t24-,25+,26?. The van der Waals surface area contributed by atoms with E-state index in [1.165, 1.54) is 4.90 Å². The summed E-state index contributed by atoms with van der Waals surface area (Å²) in [6, 6.07) is 15.8. The van der Waals surface area contributed by atoms with Crippen LogP contribution in [0, 0.1) is 11.8 Å². The fourth-order valence-corrected chi connectivity index (χ4v) is 5.29. The van der Waals surface area contributed by atoms with Crippen LogP contribution in [0.25, 0.3) is 0 Å². The van der Waals surface area contributed by atoms with Crippen molar-refractivity contribution in [3.05, 3.63) is 82.9 Å². The maximum Gasteiger partial charge on any atom is 0.243 e. The van der Waals surface area contributed by atoms with E-state index in [-0.39, 0.29) is 61.0 Å². The Morgan fingerprint density at radius 1 is 0.947 bits per heavy atom. The molecule has 7 nitrogen and oxygen atoms in total. The number of rotatable bonds is 10. The Hall–Kier alpha value is -3.45. The summed E-state index contributed by atoms with van der Waals surface area (Å²) in [7, 11) is 0. The number of allylic oxidation sites excluding steroid dienone is 2. The van der Waals surface area contributed by atoms with E-state index in [1.807, 2.05) is 68.5 Å². The van der Waals surface area contributed by atoms with Crippen LogP contribution in [0.15, 0.2) is 66.7 Å². The van der Waals surface area contributed by atoms with Crippen molar-refractivity contribution < 1.29 is 19.2 Å². The first-order valence-corrected chi connectivity index (χ1v) is 13.5. The van der Waals surface area contributed by atoms with Crippen molar-refractivity contribution in [1.29, 1.82) is 0 Å². The molecular weight excluding hydrogens is 502 g/mol. The molecule has 2 aromatic carbocycles. The van der Waals surface area contributed by atoms with Gasteiger partial charge in [0.05, 0.1) is 11.8 Å². The first kappa shape index (κ1) is 27.6. The van der Waals surface area contributed by atoms with Gasteiger partial charge in [-0.3, -0.25) is 24.1 Å². The molecule has 8 heteroatoms. The van der Waals surface area contributed by atoms with Crippen LogP contribution in [0.3, 0.4) is 0 Å². The van der Waals surface area contributed by atoms with Gasteiger partial charge >= 0.3 is 0 Å². The lowest BCUT2D eigenvalue weighted by molar-refractivity contribution is -0.144. The van der Waals surface area contributed by atoms with Crippen molar-refractivity contribution in [3.63, 3.8) is 0 Å². The van der Waals surface area contributed by atoms with Crippen LogP contribution in [0.4, 0.5) is 0 Å². The van der Waals surface area contributed by atoms with Gasteiger partial charge in [0.1, 0.15) is 6.04 Å². The van der Waals surface area contributed by atoms with Gasteiger partial charge in [-0.25, -0.2) is 0 Å². The Morgan fingerprint density at radius 3 is 2.13 bits per heavy atom. The summed E-state index contributed by atoms with van der Waals surface area (Å²) < 4.78 is 0. The van der Waals surface area contributed by atoms with E-state index in [0.717, 1.165) is 11.1 Å². The summed E-state index contributed by atoms with van der Waals surface area (Å²) in [6.07, 6.45) is 5.26. The summed E-state index contributed by atoms with van der Waals surface area (Å²) in [5.41, 5.74) is 1.75. The fraction of sp³-hybridized carbons (Fsp3) is 0.400. The maximum absolute atomic E-state index is 13.8. The average molecular weight is 536 g/mol. The quantitative estimate of drug-likeness (QED) is 0.366. The van der Waals surface area contributed by atoms with Gasteiger partial charge < -0.3 is 10.2 Å². The second-order valence-electron chi connectivity index (χ2n) is 10.3. The molecule has 1 saturated heterocycles. The molecule has 1 aliphatic heterocycles. The number of carbonyl (C=O) groups is 4. The molecule has 2 aliphatic rings. The molecule has 1 fully saturated rings. The number of benzene rings is 2. The molecule has 1 unspecified atom stereocenters. The molecule has 1 aliphatic carbocycles. The number of likely N-dealkylation sites (tertiary alicyclic amines) is 1. The molecular formula is C30H34ClN3O4. The number of nitrogens with zero attached hydrogens (tertiary/aromatic N) is 2. The highest BCUT2D eigenvalue weighted by atomic mass is 35.5. The predicted octanol–water partition coefficient (Wildman–Crippen LogP) is 4.15. The molecule has 2 aromatic rings. The molecule has 0 radical (unpaired) electrons. The van der Waals surface area contributed by atoms with Crippen LogP contribution in [0.2, 0.25) is 5.02 Å². The number of hydrogen-bond acceptors (Lipinski definition) is 4. The van der Waals surface area contributed by atoms with Gasteiger partial charge in [-0.1, -0.05) is 66.2 Å². The Kier molecular flexibility index (Phi) is 9.00. The van der Waals surface area contributed by atoms with Crippen molar-refractivity contribution in [3.8, 4) is 0 Å². The SMILES string of the molecule is CC(C)NC(=O)C(Cc1ccccc1)N(Cc1ccc(Cl)cc1)C(=O)CCN1C(=O)[C@H]2CC=CC[C@H]2C1=O. The topological polar surface area (TPSA) is 86.8 Å². The molecule has 4 amide bonds. The molecule has 38 heavy (non-hydrogen) atoms. The highest BCUT2D eigenvalue weighted by Gasteiger charge is 2.47. The lowest BCUT2D eigenvalue weighted by Crippen LogP contribution is -2.52. The number of amides is 4. The van der Waals surface area contributed by atoms with Crippen LogP contribution in [-0.2, 0) is 32.1 Å². The minimum Gasteiger partial charge on any atom is -0.352 e. The van der Waals surface area contributed by atoms with Gasteiger partial charge in [-0.05, 0) is 49.9 Å². The zero-order valence-electron chi connectivity index (χ0n) is 21.8. The number of fused-ring (bicyclic) bond motifs is 1. The second-order valence-corrected chi connectivity index (χ2v) is 10.7. The third-order valence-corrected chi connectivity index (χ3v) is 7.37. The van der Waals surface area contributed by atoms with Crippen LogP contribution in [0.1, 0.15) is 44.2 Å². The second kappa shape index (κ2) is 12.4. The van der Waals surface area contributed by atoms with Crippen LogP contribution >= 0.6 is 11.6 Å². The third kappa shape index (κ3) is 6.51. The normalized spacial score (nSPS) is 19.4. The van der Waals surface area contributed by atoms with Gasteiger partial charge in [0.25, 0.3) is 0 Å². The molecule has 200 valence electrons. The van der Waals surface area contributed by atoms with Crippen LogP contribution in [0.5, 0.6) is 0 Å². The summed E-state index contributed by atoms with van der Waals surface area (Å²) in [4.78, 5) is 55.9. The summed E-state index contributed by atoms with van der Waals surface area (Å²) >= 11 is 6.07. The first-order chi connectivity index (χ1) is 18.2. The van der Waals surface area contributed by atoms with Gasteiger partial charge in [0.15, 0.2) is 0 Å². The van der Waals surface area contributed by atoms with Gasteiger partial charge in [0.2, 0.25) is 23.6 Å². The van der Waals surface area contributed by atoms with Gasteiger partial charge in [0, 0.05) is 37.0 Å². The Morgan fingerprint density at radius 2 is 1.55 bits per heavy atom.